The van der Waals surface area contributed by atoms with Crippen molar-refractivity contribution in [2.24, 2.45) is 0 Å². The highest BCUT2D eigenvalue weighted by Crippen LogP contribution is 2.63. The molecule has 0 unspecified atom stereocenters. The van der Waals surface area contributed by atoms with Gasteiger partial charge in [-0.1, -0.05) is 169 Å². The van der Waals surface area contributed by atoms with Gasteiger partial charge in [0.15, 0.2) is 0 Å². The van der Waals surface area contributed by atoms with E-state index in [-0.39, 0.29) is 5.41 Å². The monoisotopic (exact) mass is 725 g/mol. The minimum Gasteiger partial charge on any atom is -0.355 e. The molecular formula is C56H39N. The van der Waals surface area contributed by atoms with Gasteiger partial charge in [0.05, 0.1) is 10.8 Å². The normalized spacial score (nSPS) is 14.4. The van der Waals surface area contributed by atoms with Gasteiger partial charge in [-0.05, 0) is 139 Å². The van der Waals surface area contributed by atoms with E-state index in [1.807, 2.05) is 0 Å². The highest BCUT2D eigenvalue weighted by atomic mass is 14.9. The van der Waals surface area contributed by atoms with E-state index in [1.165, 1.54) is 99.8 Å². The third-order valence-corrected chi connectivity index (χ3v) is 13.3. The van der Waals surface area contributed by atoms with Crippen LogP contribution in [0, 0.1) is 13.8 Å². The van der Waals surface area contributed by atoms with Gasteiger partial charge in [-0.3, -0.25) is 0 Å². The molecule has 12 rings (SSSR count). The van der Waals surface area contributed by atoms with Crippen molar-refractivity contribution in [2.75, 3.05) is 5.32 Å². The van der Waals surface area contributed by atoms with Crippen LogP contribution in [0.15, 0.2) is 194 Å². The van der Waals surface area contributed by atoms with Gasteiger partial charge in [0.1, 0.15) is 0 Å². The van der Waals surface area contributed by atoms with Crippen molar-refractivity contribution in [1.29, 1.82) is 0 Å². The van der Waals surface area contributed by atoms with Crippen LogP contribution in [0.1, 0.15) is 55.6 Å². The predicted molar refractivity (Wildman–Crippen MR) is 237 cm³/mol. The van der Waals surface area contributed by atoms with Crippen LogP contribution in [0.5, 0.6) is 0 Å². The maximum atomic E-state index is 3.90. The van der Waals surface area contributed by atoms with Crippen molar-refractivity contribution in [2.45, 2.75) is 24.7 Å². The van der Waals surface area contributed by atoms with Crippen LogP contribution in [0.25, 0.3) is 44.2 Å². The van der Waals surface area contributed by atoms with Crippen molar-refractivity contribution >= 4 is 22.1 Å². The average Bonchev–Trinajstić information content (AvgIpc) is 3.83. The summed E-state index contributed by atoms with van der Waals surface area (Å²) in [6.07, 6.45) is 0. The Labute approximate surface area is 334 Å². The summed E-state index contributed by atoms with van der Waals surface area (Å²) >= 11 is 0. The lowest BCUT2D eigenvalue weighted by atomic mass is 9.67. The SMILES string of the molecule is Cc1ccc(C2(c3ccc(C)cc3)c3ccccc3-c3cc(Nc4ccc5c(c4)-c4cc6ccccc6cc4C54c5ccccc5-c5ccccc54)ccc32)cc1. The fourth-order valence-electron chi connectivity index (χ4n) is 10.8. The minimum atomic E-state index is -0.423. The van der Waals surface area contributed by atoms with Gasteiger partial charge in [0.25, 0.3) is 0 Å². The molecule has 9 aromatic rings. The maximum absolute atomic E-state index is 3.90. The Morgan fingerprint density at radius 2 is 0.684 bits per heavy atom. The lowest BCUT2D eigenvalue weighted by molar-refractivity contribution is 0.767. The van der Waals surface area contributed by atoms with Crippen molar-refractivity contribution in [3.63, 3.8) is 0 Å². The van der Waals surface area contributed by atoms with E-state index in [1.54, 1.807) is 0 Å². The molecule has 0 saturated heterocycles. The number of aryl methyl sites for hydroxylation is 2. The van der Waals surface area contributed by atoms with Crippen LogP contribution in [0.3, 0.4) is 0 Å². The summed E-state index contributed by atoms with van der Waals surface area (Å²) in [6.45, 7) is 4.34. The molecule has 57 heavy (non-hydrogen) atoms. The quantitative estimate of drug-likeness (QED) is 0.190. The fraction of sp³-hybridized carbons (Fsp3) is 0.0714. The van der Waals surface area contributed by atoms with Crippen LogP contribution >= 0.6 is 0 Å². The summed E-state index contributed by atoms with van der Waals surface area (Å²) in [5.41, 5.74) is 22.4. The highest BCUT2D eigenvalue weighted by molar-refractivity contribution is 6.00. The highest BCUT2D eigenvalue weighted by Gasteiger charge is 2.52. The zero-order chi connectivity index (χ0) is 37.9. The van der Waals surface area contributed by atoms with Gasteiger partial charge >= 0.3 is 0 Å². The summed E-state index contributed by atoms with van der Waals surface area (Å²) in [6, 6.07) is 73.2. The number of benzene rings is 9. The molecule has 268 valence electrons. The molecule has 1 heteroatoms. The first kappa shape index (κ1) is 32.3. The molecule has 0 saturated carbocycles. The van der Waals surface area contributed by atoms with Crippen LogP contribution < -0.4 is 5.32 Å². The molecular weight excluding hydrogens is 687 g/mol. The Morgan fingerprint density at radius 3 is 1.23 bits per heavy atom. The standard InChI is InChI=1S/C56H39N/c1-35-19-23-39(24-20-35)55(40-25-21-36(2)22-26-40)49-16-8-7-15-45(49)47-33-41(27-29-52(47)55)57-42-28-30-53-48(34-42)46-31-37-11-3-4-12-38(37)32-54(46)56(53)50-17-9-5-13-43(50)44-14-6-10-18-51(44)56/h3-34,57H,1-2H3. The summed E-state index contributed by atoms with van der Waals surface area (Å²) in [7, 11) is 0. The first-order valence-electron chi connectivity index (χ1n) is 20.1. The van der Waals surface area contributed by atoms with Gasteiger partial charge < -0.3 is 5.32 Å². The molecule has 0 amide bonds. The number of nitrogens with one attached hydrogen (secondary N) is 1. The zero-order valence-electron chi connectivity index (χ0n) is 32.0. The summed E-state index contributed by atoms with van der Waals surface area (Å²) in [5.74, 6) is 0. The first-order valence-corrected chi connectivity index (χ1v) is 20.1. The topological polar surface area (TPSA) is 12.0 Å². The number of fused-ring (bicyclic) bond motifs is 14. The first-order chi connectivity index (χ1) is 28.0. The van der Waals surface area contributed by atoms with Crippen LogP contribution in [0.2, 0.25) is 0 Å². The Morgan fingerprint density at radius 1 is 0.298 bits per heavy atom. The van der Waals surface area contributed by atoms with Crippen molar-refractivity contribution < 1.29 is 0 Å². The molecule has 1 nitrogen and oxygen atoms in total. The smallest absolute Gasteiger partial charge is 0.0725 e. The minimum absolute atomic E-state index is 0.382. The molecule has 0 radical (unpaired) electrons. The molecule has 0 bridgehead atoms. The zero-order valence-corrected chi connectivity index (χ0v) is 32.0. The van der Waals surface area contributed by atoms with Gasteiger partial charge in [-0.2, -0.15) is 0 Å². The number of rotatable bonds is 4. The van der Waals surface area contributed by atoms with E-state index >= 15 is 0 Å². The Bertz CT molecular complexity index is 3020. The Hall–Kier alpha value is -6.96. The molecule has 3 aliphatic rings. The van der Waals surface area contributed by atoms with E-state index in [9.17, 15) is 0 Å². The average molecular weight is 726 g/mol. The molecule has 0 atom stereocenters. The largest absolute Gasteiger partial charge is 0.355 e. The van der Waals surface area contributed by atoms with Crippen molar-refractivity contribution in [3.05, 3.63) is 250 Å². The van der Waals surface area contributed by atoms with E-state index in [2.05, 4.69) is 213 Å². The lowest BCUT2D eigenvalue weighted by Crippen LogP contribution is -2.28. The van der Waals surface area contributed by atoms with E-state index in [0.717, 1.165) is 11.4 Å². The van der Waals surface area contributed by atoms with Gasteiger partial charge in [0, 0.05) is 11.4 Å². The third kappa shape index (κ3) is 4.29. The van der Waals surface area contributed by atoms with Gasteiger partial charge in [0.2, 0.25) is 0 Å². The molecule has 1 N–H and O–H groups in total. The molecule has 1 spiro atoms. The molecule has 0 heterocycles. The number of hydrogen-bond donors (Lipinski definition) is 1. The second-order valence-electron chi connectivity index (χ2n) is 16.3. The van der Waals surface area contributed by atoms with E-state index in [4.69, 9.17) is 0 Å². The van der Waals surface area contributed by atoms with E-state index < -0.39 is 5.41 Å². The summed E-state index contributed by atoms with van der Waals surface area (Å²) < 4.78 is 0. The van der Waals surface area contributed by atoms with Gasteiger partial charge in [-0.25, -0.2) is 0 Å². The van der Waals surface area contributed by atoms with Gasteiger partial charge in [-0.15, -0.1) is 0 Å². The van der Waals surface area contributed by atoms with Crippen molar-refractivity contribution in [3.8, 4) is 33.4 Å². The van der Waals surface area contributed by atoms with Crippen LogP contribution in [0.4, 0.5) is 11.4 Å². The second-order valence-corrected chi connectivity index (χ2v) is 16.3. The fourth-order valence-corrected chi connectivity index (χ4v) is 10.8. The summed E-state index contributed by atoms with van der Waals surface area (Å²) in [4.78, 5) is 0. The maximum Gasteiger partial charge on any atom is 0.0725 e. The third-order valence-electron chi connectivity index (χ3n) is 13.3. The Kier molecular flexibility index (Phi) is 6.67. The van der Waals surface area contributed by atoms with Crippen LogP contribution in [-0.4, -0.2) is 0 Å². The molecule has 0 aliphatic heterocycles. The second kappa shape index (κ2) is 11.8. The lowest BCUT2D eigenvalue weighted by Gasteiger charge is -2.34. The molecule has 0 fully saturated rings. The predicted octanol–water partition coefficient (Wildman–Crippen LogP) is 13.9. The van der Waals surface area contributed by atoms with E-state index in [0.29, 0.717) is 0 Å². The number of hydrogen-bond acceptors (Lipinski definition) is 1. The summed E-state index contributed by atoms with van der Waals surface area (Å²) in [5, 5.41) is 6.44. The molecule has 9 aromatic carbocycles. The molecule has 3 aliphatic carbocycles. The number of anilines is 2. The van der Waals surface area contributed by atoms with Crippen LogP contribution in [-0.2, 0) is 10.8 Å². The Balaban J connectivity index is 1.03. The van der Waals surface area contributed by atoms with Crippen molar-refractivity contribution in [1.82, 2.24) is 0 Å². The molecule has 0 aromatic heterocycles.